The van der Waals surface area contributed by atoms with E-state index in [-0.39, 0.29) is 29.7 Å². The number of hydrogen-bond acceptors (Lipinski definition) is 2. The summed E-state index contributed by atoms with van der Waals surface area (Å²) in [5.74, 6) is 0.719. The third-order valence-electron chi connectivity index (χ3n) is 3.66. The van der Waals surface area contributed by atoms with Crippen LogP contribution in [0, 0.1) is 0 Å². The van der Waals surface area contributed by atoms with Gasteiger partial charge in [0.15, 0.2) is 12.6 Å². The molecule has 0 unspecified atom stereocenters. The number of aliphatic imine (C=N–C) groups is 1. The minimum atomic E-state index is -4.36. The van der Waals surface area contributed by atoms with Gasteiger partial charge in [-0.25, -0.2) is 0 Å². The zero-order valence-electron chi connectivity index (χ0n) is 15.1. The van der Waals surface area contributed by atoms with Crippen molar-refractivity contribution in [1.29, 1.82) is 0 Å². The smallest absolute Gasteiger partial charge is 0.422 e. The van der Waals surface area contributed by atoms with Crippen molar-refractivity contribution in [2.45, 2.75) is 19.3 Å². The van der Waals surface area contributed by atoms with Crippen molar-refractivity contribution in [3.8, 4) is 5.75 Å². The Bertz CT molecular complexity index is 795. The first kappa shape index (κ1) is 24.7. The predicted molar refractivity (Wildman–Crippen MR) is 116 cm³/mol. The van der Waals surface area contributed by atoms with Gasteiger partial charge in [-0.05, 0) is 23.8 Å². The molecule has 1 aromatic heterocycles. The highest BCUT2D eigenvalue weighted by molar-refractivity contribution is 14.0. The number of nitrogens with zero attached hydrogens (tertiary/aromatic N) is 2. The van der Waals surface area contributed by atoms with Gasteiger partial charge in [-0.1, -0.05) is 35.3 Å². The first-order valence-electron chi connectivity index (χ1n) is 7.92. The van der Waals surface area contributed by atoms with Gasteiger partial charge in [-0.15, -0.1) is 24.0 Å². The van der Waals surface area contributed by atoms with Crippen LogP contribution in [0.25, 0.3) is 0 Å². The highest BCUT2D eigenvalue weighted by atomic mass is 127. The molecule has 0 saturated heterocycles. The Morgan fingerprint density at radius 3 is 2.25 bits per heavy atom. The van der Waals surface area contributed by atoms with Crippen molar-refractivity contribution in [3.05, 3.63) is 51.8 Å². The van der Waals surface area contributed by atoms with Crippen LogP contribution in [-0.2, 0) is 20.1 Å². The Hall–Kier alpha value is -1.33. The minimum absolute atomic E-state index is 0. The summed E-state index contributed by atoms with van der Waals surface area (Å²) >= 11 is 12.0. The molecule has 0 atom stereocenters. The van der Waals surface area contributed by atoms with Crippen LogP contribution in [0.3, 0.4) is 0 Å². The molecular formula is C17H20Cl2F3IN4O. The van der Waals surface area contributed by atoms with E-state index in [0.29, 0.717) is 29.2 Å². The number of halogens is 6. The maximum Gasteiger partial charge on any atom is 0.422 e. The average molecular weight is 551 g/mol. The normalized spacial score (nSPS) is 11.8. The van der Waals surface area contributed by atoms with Gasteiger partial charge in [0.1, 0.15) is 10.9 Å². The SMILES string of the molecule is CN=C(NCc1ccc(OCC(F)(F)F)cc1)NCc1cc(Cl)c(Cl)n1C.I. The van der Waals surface area contributed by atoms with Crippen LogP contribution in [0.15, 0.2) is 35.3 Å². The second-order valence-electron chi connectivity index (χ2n) is 5.66. The average Bonchev–Trinajstić information content (AvgIpc) is 2.87. The molecule has 5 nitrogen and oxygen atoms in total. The molecule has 0 radical (unpaired) electrons. The molecule has 2 rings (SSSR count). The van der Waals surface area contributed by atoms with E-state index in [4.69, 9.17) is 23.2 Å². The molecule has 11 heteroatoms. The molecule has 0 aliphatic rings. The Morgan fingerprint density at radius 2 is 1.75 bits per heavy atom. The Balaban J connectivity index is 0.00000392. The van der Waals surface area contributed by atoms with Gasteiger partial charge >= 0.3 is 6.18 Å². The second kappa shape index (κ2) is 11.0. The fraction of sp³-hybridized carbons (Fsp3) is 0.353. The van der Waals surface area contributed by atoms with Crippen LogP contribution in [-0.4, -0.2) is 30.4 Å². The molecule has 0 amide bonds. The van der Waals surface area contributed by atoms with E-state index in [1.807, 2.05) is 7.05 Å². The Morgan fingerprint density at radius 1 is 1.14 bits per heavy atom. The zero-order valence-corrected chi connectivity index (χ0v) is 19.0. The summed E-state index contributed by atoms with van der Waals surface area (Å²) in [5.41, 5.74) is 1.75. The number of ether oxygens (including phenoxy) is 1. The number of rotatable bonds is 6. The molecular weight excluding hydrogens is 531 g/mol. The van der Waals surface area contributed by atoms with Crippen LogP contribution in [0.5, 0.6) is 5.75 Å². The number of alkyl halides is 3. The van der Waals surface area contributed by atoms with Gasteiger partial charge < -0.3 is 19.9 Å². The summed E-state index contributed by atoms with van der Waals surface area (Å²) in [4.78, 5) is 4.12. The van der Waals surface area contributed by atoms with Crippen LogP contribution in [0.2, 0.25) is 10.2 Å². The zero-order chi connectivity index (χ0) is 20.0. The van der Waals surface area contributed by atoms with Crippen LogP contribution >= 0.6 is 47.2 Å². The monoisotopic (exact) mass is 550 g/mol. The molecule has 0 spiro atoms. The van der Waals surface area contributed by atoms with Gasteiger partial charge in [0.05, 0.1) is 11.6 Å². The molecule has 2 aromatic rings. The van der Waals surface area contributed by atoms with Crippen LogP contribution < -0.4 is 15.4 Å². The summed E-state index contributed by atoms with van der Waals surface area (Å²) in [6.45, 7) is -0.408. The van der Waals surface area contributed by atoms with E-state index in [1.165, 1.54) is 12.1 Å². The standard InChI is InChI=1S/C17H19Cl2F3N4O.HI/c1-23-16(25-9-12-7-14(18)15(19)26(12)2)24-8-11-3-5-13(6-4-11)27-10-17(20,21)22;/h3-7H,8-10H2,1-2H3,(H2,23,24,25);1H. The maximum atomic E-state index is 12.1. The van der Waals surface area contributed by atoms with Gasteiger partial charge in [0.25, 0.3) is 0 Å². The van der Waals surface area contributed by atoms with E-state index < -0.39 is 12.8 Å². The lowest BCUT2D eigenvalue weighted by Gasteiger charge is -2.13. The highest BCUT2D eigenvalue weighted by Crippen LogP contribution is 2.25. The van der Waals surface area contributed by atoms with Crippen LogP contribution in [0.4, 0.5) is 13.2 Å². The molecule has 0 fully saturated rings. The van der Waals surface area contributed by atoms with Crippen molar-refractivity contribution >= 4 is 53.1 Å². The van der Waals surface area contributed by atoms with Gasteiger partial charge in [0.2, 0.25) is 0 Å². The van der Waals surface area contributed by atoms with Crippen molar-refractivity contribution in [2.24, 2.45) is 12.0 Å². The summed E-state index contributed by atoms with van der Waals surface area (Å²) in [7, 11) is 3.44. The van der Waals surface area contributed by atoms with E-state index >= 15 is 0 Å². The summed E-state index contributed by atoms with van der Waals surface area (Å²) in [6.07, 6.45) is -4.36. The lowest BCUT2D eigenvalue weighted by atomic mass is 10.2. The van der Waals surface area contributed by atoms with Gasteiger partial charge in [-0.3, -0.25) is 4.99 Å². The fourth-order valence-corrected chi connectivity index (χ4v) is 2.62. The van der Waals surface area contributed by atoms with E-state index in [9.17, 15) is 13.2 Å². The van der Waals surface area contributed by atoms with Gasteiger partial charge in [0, 0.05) is 26.3 Å². The quantitative estimate of drug-likeness (QED) is 0.310. The number of aromatic nitrogens is 1. The van der Waals surface area contributed by atoms with E-state index in [0.717, 1.165) is 11.3 Å². The molecule has 0 aliphatic heterocycles. The van der Waals surface area contributed by atoms with Crippen LogP contribution in [0.1, 0.15) is 11.3 Å². The van der Waals surface area contributed by atoms with Crippen molar-refractivity contribution in [3.63, 3.8) is 0 Å². The van der Waals surface area contributed by atoms with Crippen molar-refractivity contribution in [1.82, 2.24) is 15.2 Å². The number of guanidine groups is 1. The number of hydrogen-bond donors (Lipinski definition) is 2. The first-order valence-corrected chi connectivity index (χ1v) is 8.68. The lowest BCUT2D eigenvalue weighted by molar-refractivity contribution is -0.153. The fourth-order valence-electron chi connectivity index (χ4n) is 2.21. The largest absolute Gasteiger partial charge is 0.484 e. The van der Waals surface area contributed by atoms with Crippen molar-refractivity contribution in [2.75, 3.05) is 13.7 Å². The molecule has 156 valence electrons. The predicted octanol–water partition coefficient (Wildman–Crippen LogP) is 4.76. The first-order chi connectivity index (χ1) is 12.7. The second-order valence-corrected chi connectivity index (χ2v) is 6.43. The summed E-state index contributed by atoms with van der Waals surface area (Å²) in [6, 6.07) is 8.12. The molecule has 2 N–H and O–H groups in total. The molecule has 1 aromatic carbocycles. The molecule has 0 bridgehead atoms. The lowest BCUT2D eigenvalue weighted by Crippen LogP contribution is -2.36. The Kier molecular flexibility index (Phi) is 9.72. The molecule has 0 saturated carbocycles. The number of nitrogens with one attached hydrogen (secondary N) is 2. The summed E-state index contributed by atoms with van der Waals surface area (Å²) in [5, 5.41) is 7.19. The third-order valence-corrected chi connectivity index (χ3v) is 4.50. The van der Waals surface area contributed by atoms with Gasteiger partial charge in [-0.2, -0.15) is 13.2 Å². The number of benzene rings is 1. The highest BCUT2D eigenvalue weighted by Gasteiger charge is 2.28. The molecule has 0 aliphatic carbocycles. The van der Waals surface area contributed by atoms with E-state index in [1.54, 1.807) is 29.8 Å². The Labute approximate surface area is 188 Å². The van der Waals surface area contributed by atoms with E-state index in [2.05, 4.69) is 20.4 Å². The summed E-state index contributed by atoms with van der Waals surface area (Å²) < 4.78 is 42.9. The third kappa shape index (κ3) is 7.59. The molecule has 1 heterocycles. The topological polar surface area (TPSA) is 50.6 Å². The molecule has 28 heavy (non-hydrogen) atoms. The minimum Gasteiger partial charge on any atom is -0.484 e. The maximum absolute atomic E-state index is 12.1. The van der Waals surface area contributed by atoms with Crippen molar-refractivity contribution < 1.29 is 17.9 Å².